The fourth-order valence-electron chi connectivity index (χ4n) is 2.67. The summed E-state index contributed by atoms with van der Waals surface area (Å²) in [6, 6.07) is 4.10. The number of hydrogen-bond donors (Lipinski definition) is 2. The van der Waals surface area contributed by atoms with Crippen LogP contribution in [0.1, 0.15) is 18.9 Å². The zero-order valence-electron chi connectivity index (χ0n) is 12.1. The Balaban J connectivity index is 2.11. The van der Waals surface area contributed by atoms with Crippen molar-refractivity contribution in [2.75, 3.05) is 18.4 Å². The number of likely N-dealkylation sites (tertiary alicyclic amines) is 1. The van der Waals surface area contributed by atoms with Gasteiger partial charge in [0, 0.05) is 13.1 Å². The molecule has 0 saturated carbocycles. The molecule has 1 aliphatic heterocycles. The van der Waals surface area contributed by atoms with Crippen molar-refractivity contribution in [1.29, 1.82) is 0 Å². The number of benzene rings is 1. The number of carbonyl (C=O) groups is 2. The molecule has 2 atom stereocenters. The molecule has 2 amide bonds. The summed E-state index contributed by atoms with van der Waals surface area (Å²) in [4.78, 5) is 24.8. The molecule has 0 aromatic heterocycles. The van der Waals surface area contributed by atoms with E-state index in [4.69, 9.17) is 5.11 Å². The predicted molar refractivity (Wildman–Crippen MR) is 76.6 cm³/mol. The van der Waals surface area contributed by atoms with Gasteiger partial charge in [0.2, 0.25) is 0 Å². The molecule has 2 N–H and O–H groups in total. The maximum Gasteiger partial charge on any atom is 0.321 e. The number of carboxylic acid groups (broad SMARTS) is 1. The Morgan fingerprint density at radius 2 is 2.10 bits per heavy atom. The zero-order valence-corrected chi connectivity index (χ0v) is 12.1. The van der Waals surface area contributed by atoms with Gasteiger partial charge in [0.05, 0.1) is 11.6 Å². The number of aryl methyl sites for hydroxylation is 1. The number of carboxylic acids is 1. The summed E-state index contributed by atoms with van der Waals surface area (Å²) in [6.07, 6.45) is 0.553. The number of carbonyl (C=O) groups excluding carboxylic acids is 1. The lowest BCUT2D eigenvalue weighted by Crippen LogP contribution is -2.47. The van der Waals surface area contributed by atoms with Crippen molar-refractivity contribution in [2.24, 2.45) is 11.8 Å². The number of nitrogens with zero attached hydrogens (tertiary/aromatic N) is 1. The molecule has 114 valence electrons. The fourth-order valence-corrected chi connectivity index (χ4v) is 2.67. The number of hydrogen-bond acceptors (Lipinski definition) is 2. The monoisotopic (exact) mass is 294 g/mol. The number of urea groups is 1. The molecule has 1 fully saturated rings. The van der Waals surface area contributed by atoms with Crippen LogP contribution in [0.15, 0.2) is 18.2 Å². The second-order valence-corrected chi connectivity index (χ2v) is 5.64. The lowest BCUT2D eigenvalue weighted by Gasteiger charge is -2.34. The molecule has 1 aliphatic rings. The van der Waals surface area contributed by atoms with Crippen LogP contribution in [-0.4, -0.2) is 35.1 Å². The Kier molecular flexibility index (Phi) is 4.45. The first-order chi connectivity index (χ1) is 9.88. The second kappa shape index (κ2) is 6.11. The van der Waals surface area contributed by atoms with E-state index in [1.54, 1.807) is 19.1 Å². The highest BCUT2D eigenvalue weighted by molar-refractivity contribution is 5.90. The van der Waals surface area contributed by atoms with E-state index in [1.165, 1.54) is 11.0 Å². The number of piperidine rings is 1. The molecule has 2 rings (SSSR count). The van der Waals surface area contributed by atoms with Gasteiger partial charge in [-0.15, -0.1) is 0 Å². The smallest absolute Gasteiger partial charge is 0.321 e. The van der Waals surface area contributed by atoms with E-state index in [1.807, 2.05) is 6.92 Å². The quantitative estimate of drug-likeness (QED) is 0.881. The molecular formula is C15H19FN2O3. The minimum atomic E-state index is -0.901. The lowest BCUT2D eigenvalue weighted by molar-refractivity contribution is -0.143. The van der Waals surface area contributed by atoms with Crippen LogP contribution in [0.2, 0.25) is 0 Å². The zero-order chi connectivity index (χ0) is 15.6. The van der Waals surface area contributed by atoms with Gasteiger partial charge < -0.3 is 15.3 Å². The highest BCUT2D eigenvalue weighted by atomic mass is 19.1. The van der Waals surface area contributed by atoms with Gasteiger partial charge in [-0.1, -0.05) is 19.1 Å². The lowest BCUT2D eigenvalue weighted by atomic mass is 9.91. The number of halogens is 1. The maximum absolute atomic E-state index is 13.7. The summed E-state index contributed by atoms with van der Waals surface area (Å²) in [5.41, 5.74) is 0.774. The average Bonchev–Trinajstić information content (AvgIpc) is 2.42. The van der Waals surface area contributed by atoms with Crippen molar-refractivity contribution in [2.45, 2.75) is 20.3 Å². The standard InChI is InChI=1S/C15H19FN2O3/c1-9-6-11(14(19)20)8-18(7-9)15(21)17-13-10(2)4-3-5-12(13)16/h3-5,9,11H,6-8H2,1-2H3,(H,17,21)(H,19,20). The van der Waals surface area contributed by atoms with Crippen LogP contribution in [0, 0.1) is 24.6 Å². The van der Waals surface area contributed by atoms with Gasteiger partial charge in [-0.2, -0.15) is 0 Å². The topological polar surface area (TPSA) is 69.6 Å². The highest BCUT2D eigenvalue weighted by Crippen LogP contribution is 2.24. The van der Waals surface area contributed by atoms with Crippen molar-refractivity contribution >= 4 is 17.7 Å². The van der Waals surface area contributed by atoms with Crippen LogP contribution in [0.25, 0.3) is 0 Å². The van der Waals surface area contributed by atoms with Crippen LogP contribution in [0.4, 0.5) is 14.9 Å². The first-order valence-corrected chi connectivity index (χ1v) is 6.92. The van der Waals surface area contributed by atoms with Gasteiger partial charge in [-0.05, 0) is 30.9 Å². The molecule has 6 heteroatoms. The van der Waals surface area contributed by atoms with Crippen molar-refractivity contribution < 1.29 is 19.1 Å². The Bertz CT molecular complexity index is 542. The molecule has 1 saturated heterocycles. The maximum atomic E-state index is 13.7. The summed E-state index contributed by atoms with van der Waals surface area (Å²) in [5.74, 6) is -1.86. The fraction of sp³-hybridized carbons (Fsp3) is 0.467. The highest BCUT2D eigenvalue weighted by Gasteiger charge is 2.32. The summed E-state index contributed by atoms with van der Waals surface area (Å²) in [5, 5.41) is 11.7. The van der Waals surface area contributed by atoms with E-state index in [0.717, 1.165) is 0 Å². The third kappa shape index (κ3) is 3.51. The van der Waals surface area contributed by atoms with Crippen LogP contribution in [0.3, 0.4) is 0 Å². The average molecular weight is 294 g/mol. The van der Waals surface area contributed by atoms with E-state index in [0.29, 0.717) is 18.5 Å². The number of anilines is 1. The largest absolute Gasteiger partial charge is 0.481 e. The van der Waals surface area contributed by atoms with Crippen molar-refractivity contribution in [1.82, 2.24) is 4.90 Å². The van der Waals surface area contributed by atoms with E-state index < -0.39 is 23.7 Å². The summed E-state index contributed by atoms with van der Waals surface area (Å²) >= 11 is 0. The number of aliphatic carboxylic acids is 1. The van der Waals surface area contributed by atoms with Gasteiger partial charge in [-0.25, -0.2) is 9.18 Å². The molecule has 0 radical (unpaired) electrons. The molecule has 0 spiro atoms. The van der Waals surface area contributed by atoms with Crippen LogP contribution >= 0.6 is 0 Å². The van der Waals surface area contributed by atoms with E-state index in [-0.39, 0.29) is 18.2 Å². The van der Waals surface area contributed by atoms with Gasteiger partial charge in [0.1, 0.15) is 5.82 Å². The predicted octanol–water partition coefficient (Wildman–Crippen LogP) is 2.71. The molecule has 0 bridgehead atoms. The number of amides is 2. The molecular weight excluding hydrogens is 275 g/mol. The summed E-state index contributed by atoms with van der Waals surface area (Å²) < 4.78 is 13.7. The molecule has 2 unspecified atom stereocenters. The molecule has 1 aromatic rings. The van der Waals surface area contributed by atoms with Crippen LogP contribution < -0.4 is 5.32 Å². The molecule has 5 nitrogen and oxygen atoms in total. The third-order valence-electron chi connectivity index (χ3n) is 3.75. The number of rotatable bonds is 2. The molecule has 1 aromatic carbocycles. The number of para-hydroxylation sites is 1. The first-order valence-electron chi connectivity index (χ1n) is 6.92. The first kappa shape index (κ1) is 15.3. The van der Waals surface area contributed by atoms with E-state index in [2.05, 4.69) is 5.32 Å². The van der Waals surface area contributed by atoms with Crippen LogP contribution in [-0.2, 0) is 4.79 Å². The molecule has 21 heavy (non-hydrogen) atoms. The Morgan fingerprint density at radius 1 is 1.38 bits per heavy atom. The van der Waals surface area contributed by atoms with Crippen molar-refractivity contribution in [3.63, 3.8) is 0 Å². The minimum Gasteiger partial charge on any atom is -0.481 e. The van der Waals surface area contributed by atoms with Gasteiger partial charge >= 0.3 is 12.0 Å². The van der Waals surface area contributed by atoms with Crippen molar-refractivity contribution in [3.8, 4) is 0 Å². The minimum absolute atomic E-state index is 0.104. The van der Waals surface area contributed by atoms with Gasteiger partial charge in [0.15, 0.2) is 0 Å². The van der Waals surface area contributed by atoms with Crippen molar-refractivity contribution in [3.05, 3.63) is 29.6 Å². The Hall–Kier alpha value is -2.11. The molecule has 0 aliphatic carbocycles. The second-order valence-electron chi connectivity index (χ2n) is 5.64. The Morgan fingerprint density at radius 3 is 2.71 bits per heavy atom. The third-order valence-corrected chi connectivity index (χ3v) is 3.75. The SMILES string of the molecule is Cc1cccc(F)c1NC(=O)N1CC(C)CC(C(=O)O)C1. The Labute approximate surface area is 122 Å². The van der Waals surface area contributed by atoms with Gasteiger partial charge in [0.25, 0.3) is 0 Å². The van der Waals surface area contributed by atoms with E-state index >= 15 is 0 Å². The van der Waals surface area contributed by atoms with Gasteiger partial charge in [-0.3, -0.25) is 4.79 Å². The number of nitrogens with one attached hydrogen (secondary N) is 1. The van der Waals surface area contributed by atoms with E-state index in [9.17, 15) is 14.0 Å². The van der Waals surface area contributed by atoms with Crippen LogP contribution in [0.5, 0.6) is 0 Å². The molecule has 1 heterocycles. The summed E-state index contributed by atoms with van der Waals surface area (Å²) in [7, 11) is 0. The normalized spacial score (nSPS) is 22.0. The summed E-state index contributed by atoms with van der Waals surface area (Å²) in [6.45, 7) is 4.24.